The first-order chi connectivity index (χ1) is 15.2. The molecule has 2 aromatic heterocycles. The minimum Gasteiger partial charge on any atom is -0.474 e. The number of rotatable bonds is 6. The van der Waals surface area contributed by atoms with Gasteiger partial charge in [-0.05, 0) is 25.1 Å². The molecule has 0 aromatic carbocycles. The number of aryl methyl sites for hydroxylation is 1. The average Bonchev–Trinajstić information content (AvgIpc) is 2.71. The van der Waals surface area contributed by atoms with Crippen LogP contribution in [0.15, 0.2) is 36.7 Å². The summed E-state index contributed by atoms with van der Waals surface area (Å²) in [6, 6.07) is 7.44. The summed E-state index contributed by atoms with van der Waals surface area (Å²) in [6.07, 6.45) is 0.404. The lowest BCUT2D eigenvalue weighted by Gasteiger charge is -2.39. The van der Waals surface area contributed by atoms with Crippen LogP contribution in [0.2, 0.25) is 0 Å². The quantitative estimate of drug-likeness (QED) is 0.471. The number of carbonyl (C=O) groups is 3. The van der Waals surface area contributed by atoms with Crippen LogP contribution in [0.25, 0.3) is 11.3 Å². The Bertz CT molecular complexity index is 1000. The number of aromatic nitrogens is 2. The topological polar surface area (TPSA) is 114 Å². The van der Waals surface area contributed by atoms with Gasteiger partial charge in [-0.3, -0.25) is 24.4 Å². The molecule has 0 aliphatic carbocycles. The first kappa shape index (κ1) is 23.5. The molecule has 0 bridgehead atoms. The standard InChI is InChI=1S/C22H24N2O7S/c1-12-6-5-7-18(24-12)16-8-17(10-23-9-16)31-22-21(30-15(4)27)20(29-14(3)26)19(11-32-22)28-13(2)25/h5-10,19-22H,11H2,1-4H3/t19-,20+,21-,22+/m1/s1. The van der Waals surface area contributed by atoms with E-state index in [-0.39, 0.29) is 5.75 Å². The van der Waals surface area contributed by atoms with E-state index >= 15 is 0 Å². The molecule has 1 fully saturated rings. The van der Waals surface area contributed by atoms with E-state index in [1.807, 2.05) is 25.1 Å². The van der Waals surface area contributed by atoms with Gasteiger partial charge < -0.3 is 18.9 Å². The molecule has 0 radical (unpaired) electrons. The van der Waals surface area contributed by atoms with Gasteiger partial charge in [0.1, 0.15) is 5.75 Å². The Labute approximate surface area is 189 Å². The first-order valence-corrected chi connectivity index (χ1v) is 11.0. The van der Waals surface area contributed by atoms with Gasteiger partial charge in [-0.25, -0.2) is 0 Å². The summed E-state index contributed by atoms with van der Waals surface area (Å²) < 4.78 is 22.2. The Morgan fingerprint density at radius 3 is 2.31 bits per heavy atom. The summed E-state index contributed by atoms with van der Waals surface area (Å²) in [5.41, 5.74) is 1.64. The Balaban J connectivity index is 1.87. The molecular formula is C22H24N2O7S. The summed E-state index contributed by atoms with van der Waals surface area (Å²) in [4.78, 5) is 43.7. The third-order valence-corrected chi connectivity index (χ3v) is 5.67. The lowest BCUT2D eigenvalue weighted by molar-refractivity contribution is -0.186. The summed E-state index contributed by atoms with van der Waals surface area (Å²) in [7, 11) is 0. The Morgan fingerprint density at radius 2 is 1.66 bits per heavy atom. The zero-order valence-corrected chi connectivity index (χ0v) is 19.0. The van der Waals surface area contributed by atoms with E-state index in [0.29, 0.717) is 5.75 Å². The molecule has 10 heteroatoms. The molecule has 0 spiro atoms. The molecule has 1 aliphatic rings. The number of carbonyl (C=O) groups excluding carboxylic acids is 3. The highest BCUT2D eigenvalue weighted by Crippen LogP contribution is 2.34. The molecule has 9 nitrogen and oxygen atoms in total. The van der Waals surface area contributed by atoms with E-state index in [9.17, 15) is 14.4 Å². The first-order valence-electron chi connectivity index (χ1n) is 9.92. The van der Waals surface area contributed by atoms with Crippen molar-refractivity contribution in [1.82, 2.24) is 9.97 Å². The second-order valence-electron chi connectivity index (χ2n) is 7.19. The second kappa shape index (κ2) is 10.4. The predicted molar refractivity (Wildman–Crippen MR) is 116 cm³/mol. The number of esters is 3. The van der Waals surface area contributed by atoms with Crippen molar-refractivity contribution in [3.05, 3.63) is 42.4 Å². The number of ether oxygens (including phenoxy) is 4. The predicted octanol–water partition coefficient (Wildman–Crippen LogP) is 2.70. The Kier molecular flexibility index (Phi) is 7.68. The van der Waals surface area contributed by atoms with Gasteiger partial charge in [0.05, 0.1) is 11.9 Å². The van der Waals surface area contributed by atoms with Gasteiger partial charge in [-0.2, -0.15) is 0 Å². The van der Waals surface area contributed by atoms with Crippen LogP contribution < -0.4 is 4.74 Å². The van der Waals surface area contributed by atoms with Gasteiger partial charge in [0, 0.05) is 44.0 Å². The molecule has 2 aromatic rings. The third-order valence-electron chi connectivity index (χ3n) is 4.45. The molecule has 4 atom stereocenters. The second-order valence-corrected chi connectivity index (χ2v) is 8.32. The average molecular weight is 461 g/mol. The fourth-order valence-corrected chi connectivity index (χ4v) is 4.49. The summed E-state index contributed by atoms with van der Waals surface area (Å²) >= 11 is 1.28. The van der Waals surface area contributed by atoms with E-state index in [2.05, 4.69) is 9.97 Å². The zero-order valence-electron chi connectivity index (χ0n) is 18.1. The number of thioether (sulfide) groups is 1. The fourth-order valence-electron chi connectivity index (χ4n) is 3.27. The Hall–Kier alpha value is -3.14. The Morgan fingerprint density at radius 1 is 0.969 bits per heavy atom. The highest BCUT2D eigenvalue weighted by Gasteiger charge is 2.47. The molecule has 1 saturated heterocycles. The van der Waals surface area contributed by atoms with E-state index in [4.69, 9.17) is 18.9 Å². The van der Waals surface area contributed by atoms with Crippen LogP contribution >= 0.6 is 11.8 Å². The van der Waals surface area contributed by atoms with Crippen LogP contribution in [-0.2, 0) is 28.6 Å². The number of nitrogens with zero attached hydrogens (tertiary/aromatic N) is 2. The summed E-state index contributed by atoms with van der Waals surface area (Å²) in [5.74, 6) is -0.999. The largest absolute Gasteiger partial charge is 0.474 e. The summed E-state index contributed by atoms with van der Waals surface area (Å²) in [5, 5.41) is 0. The fraction of sp³-hybridized carbons (Fsp3) is 0.409. The maximum atomic E-state index is 11.8. The van der Waals surface area contributed by atoms with Crippen molar-refractivity contribution in [2.45, 2.75) is 51.4 Å². The lowest BCUT2D eigenvalue weighted by atomic mass is 10.1. The number of hydrogen-bond acceptors (Lipinski definition) is 10. The van der Waals surface area contributed by atoms with Crippen LogP contribution in [0.4, 0.5) is 0 Å². The third kappa shape index (κ3) is 6.19. The molecule has 32 heavy (non-hydrogen) atoms. The van der Waals surface area contributed by atoms with Crippen molar-refractivity contribution >= 4 is 29.7 Å². The smallest absolute Gasteiger partial charge is 0.303 e. The highest BCUT2D eigenvalue weighted by atomic mass is 32.2. The SMILES string of the molecule is CC(=O)O[C@@H]1[C@@H](OC(C)=O)[C@@H](Oc2cncc(-c3cccc(C)n3)c2)SC[C@H]1OC(C)=O. The molecule has 3 rings (SSSR count). The van der Waals surface area contributed by atoms with E-state index in [1.165, 1.54) is 38.7 Å². The highest BCUT2D eigenvalue weighted by molar-refractivity contribution is 7.99. The molecule has 0 unspecified atom stereocenters. The van der Waals surface area contributed by atoms with E-state index in [0.717, 1.165) is 17.0 Å². The van der Waals surface area contributed by atoms with Crippen molar-refractivity contribution in [3.8, 4) is 17.0 Å². The van der Waals surface area contributed by atoms with Crippen molar-refractivity contribution in [3.63, 3.8) is 0 Å². The van der Waals surface area contributed by atoms with Crippen molar-refractivity contribution in [2.75, 3.05) is 5.75 Å². The van der Waals surface area contributed by atoms with E-state index < -0.39 is 41.7 Å². The van der Waals surface area contributed by atoms with Crippen LogP contribution in [0.1, 0.15) is 26.5 Å². The van der Waals surface area contributed by atoms with Gasteiger partial charge >= 0.3 is 17.9 Å². The molecular weight excluding hydrogens is 436 g/mol. The monoisotopic (exact) mass is 460 g/mol. The maximum Gasteiger partial charge on any atom is 0.303 e. The lowest BCUT2D eigenvalue weighted by Crippen LogP contribution is -2.55. The van der Waals surface area contributed by atoms with Gasteiger partial charge in [0.2, 0.25) is 0 Å². The van der Waals surface area contributed by atoms with Gasteiger partial charge in [0.15, 0.2) is 23.7 Å². The molecule has 0 amide bonds. The van der Waals surface area contributed by atoms with Crippen LogP contribution in [-0.4, -0.2) is 57.4 Å². The van der Waals surface area contributed by atoms with Gasteiger partial charge in [0.25, 0.3) is 0 Å². The summed E-state index contributed by atoms with van der Waals surface area (Å²) in [6.45, 7) is 5.63. The molecule has 0 N–H and O–H groups in total. The molecule has 1 aliphatic heterocycles. The van der Waals surface area contributed by atoms with Crippen molar-refractivity contribution in [1.29, 1.82) is 0 Å². The minimum absolute atomic E-state index is 0.284. The maximum absolute atomic E-state index is 11.8. The van der Waals surface area contributed by atoms with Gasteiger partial charge in [-0.1, -0.05) is 6.07 Å². The number of pyridine rings is 2. The molecule has 170 valence electrons. The van der Waals surface area contributed by atoms with E-state index in [1.54, 1.807) is 12.3 Å². The van der Waals surface area contributed by atoms with Crippen LogP contribution in [0.3, 0.4) is 0 Å². The van der Waals surface area contributed by atoms with Crippen LogP contribution in [0, 0.1) is 6.92 Å². The van der Waals surface area contributed by atoms with Crippen molar-refractivity contribution < 1.29 is 33.3 Å². The van der Waals surface area contributed by atoms with Gasteiger partial charge in [-0.15, -0.1) is 11.8 Å². The normalized spacial score (nSPS) is 22.5. The zero-order chi connectivity index (χ0) is 23.3. The molecule has 3 heterocycles. The number of hydrogen-bond donors (Lipinski definition) is 0. The molecule has 0 saturated carbocycles. The minimum atomic E-state index is -1.01. The van der Waals surface area contributed by atoms with Crippen LogP contribution in [0.5, 0.6) is 5.75 Å². The van der Waals surface area contributed by atoms with Crippen molar-refractivity contribution in [2.24, 2.45) is 0 Å².